The van der Waals surface area contributed by atoms with E-state index >= 15 is 0 Å². The zero-order valence-corrected chi connectivity index (χ0v) is 19.3. The molecule has 2 aliphatic heterocycles. The third-order valence-corrected chi connectivity index (χ3v) is 6.32. The van der Waals surface area contributed by atoms with Gasteiger partial charge in [0, 0.05) is 24.3 Å². The summed E-state index contributed by atoms with van der Waals surface area (Å²) in [5, 5.41) is 11.4. The van der Waals surface area contributed by atoms with Crippen molar-refractivity contribution in [1.29, 1.82) is 0 Å². The number of hydrogen-bond acceptors (Lipinski definition) is 7. The molecule has 35 heavy (non-hydrogen) atoms. The van der Waals surface area contributed by atoms with Crippen LogP contribution in [0.1, 0.15) is 41.2 Å². The van der Waals surface area contributed by atoms with Gasteiger partial charge in [-0.1, -0.05) is 0 Å². The van der Waals surface area contributed by atoms with Crippen molar-refractivity contribution in [2.75, 3.05) is 37.4 Å². The summed E-state index contributed by atoms with van der Waals surface area (Å²) in [4.78, 5) is 21.2. The lowest BCUT2D eigenvalue weighted by Crippen LogP contribution is -2.46. The van der Waals surface area contributed by atoms with E-state index in [1.165, 1.54) is 6.07 Å². The van der Waals surface area contributed by atoms with Gasteiger partial charge in [0.05, 0.1) is 43.6 Å². The van der Waals surface area contributed by atoms with Gasteiger partial charge in [-0.25, -0.2) is 4.79 Å². The number of fused-ring (bicyclic) bond motifs is 3. The van der Waals surface area contributed by atoms with Crippen LogP contribution in [-0.2, 0) is 24.0 Å². The van der Waals surface area contributed by atoms with E-state index in [0.29, 0.717) is 62.4 Å². The van der Waals surface area contributed by atoms with Gasteiger partial charge in [0.25, 0.3) is 5.78 Å². The molecule has 3 aromatic rings. The van der Waals surface area contributed by atoms with Crippen molar-refractivity contribution in [3.63, 3.8) is 0 Å². The van der Waals surface area contributed by atoms with Gasteiger partial charge >= 0.3 is 12.2 Å². The van der Waals surface area contributed by atoms with Gasteiger partial charge in [-0.05, 0) is 37.6 Å². The minimum atomic E-state index is -4.51. The van der Waals surface area contributed by atoms with E-state index < -0.39 is 17.8 Å². The minimum absolute atomic E-state index is 0.0208. The van der Waals surface area contributed by atoms with Crippen LogP contribution in [-0.4, -0.2) is 61.7 Å². The molecule has 1 fully saturated rings. The van der Waals surface area contributed by atoms with Crippen LogP contribution < -0.4 is 11.1 Å². The third-order valence-electron chi connectivity index (χ3n) is 6.32. The largest absolute Gasteiger partial charge is 0.416 e. The van der Waals surface area contributed by atoms with E-state index in [4.69, 9.17) is 10.5 Å². The van der Waals surface area contributed by atoms with Crippen LogP contribution in [0.15, 0.2) is 18.2 Å². The highest BCUT2D eigenvalue weighted by Gasteiger charge is 2.34. The van der Waals surface area contributed by atoms with Crippen molar-refractivity contribution in [2.24, 2.45) is 0 Å². The lowest BCUT2D eigenvalue weighted by molar-refractivity contribution is -0.137. The number of urea groups is 1. The molecule has 2 aliphatic rings. The number of hydrogen-bond donors (Lipinski definition) is 2. The van der Waals surface area contributed by atoms with E-state index in [0.717, 1.165) is 23.4 Å². The lowest BCUT2D eigenvalue weighted by atomic mass is 10.0. The fraction of sp³-hybridized carbons (Fsp3) is 0.455. The van der Waals surface area contributed by atoms with Crippen molar-refractivity contribution in [2.45, 2.75) is 39.2 Å². The van der Waals surface area contributed by atoms with Crippen molar-refractivity contribution < 1.29 is 22.7 Å². The second-order valence-corrected chi connectivity index (χ2v) is 8.76. The maximum Gasteiger partial charge on any atom is 0.416 e. The number of amides is 2. The first-order valence-corrected chi connectivity index (χ1v) is 11.2. The first-order valence-electron chi connectivity index (χ1n) is 11.2. The zero-order chi connectivity index (χ0) is 24.9. The monoisotopic (exact) mass is 490 g/mol. The van der Waals surface area contributed by atoms with Crippen LogP contribution in [0.4, 0.5) is 29.5 Å². The van der Waals surface area contributed by atoms with Crippen molar-refractivity contribution in [1.82, 2.24) is 29.4 Å². The fourth-order valence-corrected chi connectivity index (χ4v) is 4.53. The number of aromatic nitrogens is 4. The number of rotatable bonds is 3. The Morgan fingerprint density at radius 3 is 2.60 bits per heavy atom. The normalized spacial score (nSPS) is 17.1. The molecule has 0 bridgehead atoms. The molecule has 0 spiro atoms. The molecule has 1 atom stereocenters. The second-order valence-electron chi connectivity index (χ2n) is 8.76. The Hall–Kier alpha value is -3.61. The summed E-state index contributed by atoms with van der Waals surface area (Å²) in [7, 11) is 0. The maximum absolute atomic E-state index is 13.3. The maximum atomic E-state index is 13.3. The first-order chi connectivity index (χ1) is 16.6. The number of nitrogen functional groups attached to an aromatic ring is 1. The Balaban J connectivity index is 1.48. The number of carbonyl (C=O) groups is 1. The number of carbonyl (C=O) groups excluding carboxylic acids is 1. The van der Waals surface area contributed by atoms with Gasteiger partial charge in [-0.3, -0.25) is 4.40 Å². The van der Waals surface area contributed by atoms with Crippen LogP contribution in [0, 0.1) is 6.92 Å². The van der Waals surface area contributed by atoms with Crippen molar-refractivity contribution >= 4 is 23.3 Å². The Morgan fingerprint density at radius 2 is 1.89 bits per heavy atom. The molecule has 5 rings (SSSR count). The van der Waals surface area contributed by atoms with Crippen molar-refractivity contribution in [3.8, 4) is 0 Å². The molecule has 2 amide bonds. The number of nitrogens with zero attached hydrogens (tertiary/aromatic N) is 6. The van der Waals surface area contributed by atoms with Crippen LogP contribution in [0.25, 0.3) is 5.78 Å². The summed E-state index contributed by atoms with van der Waals surface area (Å²) < 4.78 is 47.1. The molecule has 2 aromatic heterocycles. The van der Waals surface area contributed by atoms with Gasteiger partial charge in [0.1, 0.15) is 11.6 Å². The third kappa shape index (κ3) is 4.31. The molecule has 0 radical (unpaired) electrons. The van der Waals surface area contributed by atoms with Crippen LogP contribution in [0.3, 0.4) is 0 Å². The molecule has 4 heterocycles. The van der Waals surface area contributed by atoms with Crippen LogP contribution in [0.5, 0.6) is 0 Å². The molecule has 0 unspecified atom stereocenters. The highest BCUT2D eigenvalue weighted by Crippen LogP contribution is 2.35. The van der Waals surface area contributed by atoms with E-state index in [-0.39, 0.29) is 11.7 Å². The number of benzene rings is 1. The highest BCUT2D eigenvalue weighted by molar-refractivity contribution is 5.76. The average Bonchev–Trinajstić information content (AvgIpc) is 3.42. The number of anilines is 2. The fourth-order valence-electron chi connectivity index (χ4n) is 4.53. The number of nitrogens with one attached hydrogen (secondary N) is 1. The Bertz CT molecular complexity index is 1290. The van der Waals surface area contributed by atoms with Gasteiger partial charge in [0.15, 0.2) is 0 Å². The summed E-state index contributed by atoms with van der Waals surface area (Å²) in [5.41, 5.74) is 6.91. The summed E-state index contributed by atoms with van der Waals surface area (Å²) in [6.07, 6.45) is -4.51. The SMILES string of the molecule is Cc1nnc2nc(N[C@H](C)c3cc(N)cc(C(F)(F)F)c3)c3c(n12)CN(C(=O)N1CCOCC1)C3. The number of aryl methyl sites for hydroxylation is 1. The van der Waals surface area contributed by atoms with E-state index in [1.54, 1.807) is 28.0 Å². The lowest BCUT2D eigenvalue weighted by Gasteiger charge is -2.30. The number of ether oxygens (including phenoxy) is 1. The van der Waals surface area contributed by atoms with Gasteiger partial charge < -0.3 is 25.6 Å². The van der Waals surface area contributed by atoms with Crippen LogP contribution >= 0.6 is 0 Å². The Morgan fingerprint density at radius 1 is 1.14 bits per heavy atom. The van der Waals surface area contributed by atoms with Gasteiger partial charge in [-0.2, -0.15) is 18.2 Å². The van der Waals surface area contributed by atoms with E-state index in [9.17, 15) is 18.0 Å². The first kappa shape index (κ1) is 23.1. The number of morpholine rings is 1. The zero-order valence-electron chi connectivity index (χ0n) is 19.3. The Labute approximate surface area is 198 Å². The Kier molecular flexibility index (Phi) is 5.66. The second kappa shape index (κ2) is 8.56. The highest BCUT2D eigenvalue weighted by atomic mass is 19.4. The molecule has 186 valence electrons. The van der Waals surface area contributed by atoms with Gasteiger partial charge in [-0.15, -0.1) is 10.2 Å². The number of nitrogens with two attached hydrogens (primary N) is 1. The molecule has 3 N–H and O–H groups in total. The number of halogens is 3. The van der Waals surface area contributed by atoms with Crippen LogP contribution in [0.2, 0.25) is 0 Å². The summed E-state index contributed by atoms with van der Waals surface area (Å²) >= 11 is 0. The molecule has 0 aliphatic carbocycles. The molecule has 0 saturated carbocycles. The number of alkyl halides is 3. The smallest absolute Gasteiger partial charge is 0.399 e. The molecule has 13 heteroatoms. The summed E-state index contributed by atoms with van der Waals surface area (Å²) in [6, 6.07) is 2.83. The molecular formula is C22H25F3N8O2. The standard InChI is InChI=1S/C22H25F3N8O2/c1-12(14-7-15(22(23,24)25)9-16(26)8-14)27-19-17-10-32(21(34)31-3-5-35-6-4-31)11-18(17)33-13(2)29-30-20(33)28-19/h7-9,12H,3-6,10-11,26H2,1-2H3,(H,27,28,30)/t12-/m1/s1. The topological polar surface area (TPSA) is 114 Å². The molecule has 1 aromatic carbocycles. The molecule has 1 saturated heterocycles. The quantitative estimate of drug-likeness (QED) is 0.543. The average molecular weight is 490 g/mol. The molecular weight excluding hydrogens is 465 g/mol. The predicted molar refractivity (Wildman–Crippen MR) is 120 cm³/mol. The predicted octanol–water partition coefficient (Wildman–Crippen LogP) is 2.97. The summed E-state index contributed by atoms with van der Waals surface area (Å²) in [5.74, 6) is 1.43. The van der Waals surface area contributed by atoms with Gasteiger partial charge in [0.2, 0.25) is 0 Å². The van der Waals surface area contributed by atoms with Crippen molar-refractivity contribution in [3.05, 3.63) is 46.4 Å². The van der Waals surface area contributed by atoms with E-state index in [1.807, 2.05) is 0 Å². The molecule has 10 nitrogen and oxygen atoms in total. The van der Waals surface area contributed by atoms with E-state index in [2.05, 4.69) is 20.5 Å². The minimum Gasteiger partial charge on any atom is -0.399 e. The summed E-state index contributed by atoms with van der Waals surface area (Å²) in [6.45, 7) is 6.19.